The Labute approximate surface area is 315 Å². The van der Waals surface area contributed by atoms with E-state index in [0.717, 1.165) is 0 Å². The van der Waals surface area contributed by atoms with Crippen molar-refractivity contribution in [3.8, 4) is 0 Å². The third-order valence-corrected chi connectivity index (χ3v) is 12.2. The highest BCUT2D eigenvalue weighted by Crippen LogP contribution is 2.71. The van der Waals surface area contributed by atoms with Gasteiger partial charge in [0.1, 0.15) is 0 Å². The maximum Gasteiger partial charge on any atom is 0.460 e. The quantitative estimate of drug-likeness (QED) is 0.190. The fraction of sp³-hybridized carbons (Fsp3) is 0.500. The summed E-state index contributed by atoms with van der Waals surface area (Å²) in [5, 5.41) is 0. The second-order valence-electron chi connectivity index (χ2n) is 16.2. The Bertz CT molecular complexity index is 1720. The van der Waals surface area contributed by atoms with Crippen molar-refractivity contribution in [2.75, 3.05) is 0 Å². The molecule has 314 valence electrons. The summed E-state index contributed by atoms with van der Waals surface area (Å²) >= 11 is 0. The zero-order valence-corrected chi connectivity index (χ0v) is 32.1. The van der Waals surface area contributed by atoms with Crippen molar-refractivity contribution in [3.63, 3.8) is 0 Å². The lowest BCUT2D eigenvalue weighted by Crippen LogP contribution is -2.73. The van der Waals surface area contributed by atoms with Crippen LogP contribution in [0.3, 0.4) is 0 Å². The molecule has 0 saturated heterocycles. The average Bonchev–Trinajstić information content (AvgIpc) is 3.05. The van der Waals surface area contributed by atoms with Gasteiger partial charge in [-0.25, -0.2) is 4.79 Å². The molecule has 0 aromatic heterocycles. The molecule has 0 fully saturated rings. The fourth-order valence-corrected chi connectivity index (χ4v) is 8.25. The summed E-state index contributed by atoms with van der Waals surface area (Å²) < 4.78 is 218. The highest BCUT2D eigenvalue weighted by Gasteiger charge is 2.94. The maximum atomic E-state index is 15.6. The molecule has 0 radical (unpaired) electrons. The van der Waals surface area contributed by atoms with E-state index in [2.05, 4.69) is 0 Å². The van der Waals surface area contributed by atoms with Crippen LogP contribution in [0.5, 0.6) is 0 Å². The predicted molar refractivity (Wildman–Crippen MR) is 180 cm³/mol. The first kappa shape index (κ1) is 46.8. The number of rotatable bonds is 10. The number of alkyl halides is 15. The zero-order chi connectivity index (χ0) is 43.7. The summed E-state index contributed by atoms with van der Waals surface area (Å²) in [4.78, 5) is 12.7. The van der Waals surface area contributed by atoms with Gasteiger partial charge in [-0.05, 0) is 79.6 Å². The molecule has 0 aliphatic carbocycles. The fourth-order valence-electron chi connectivity index (χ4n) is 5.25. The van der Waals surface area contributed by atoms with Gasteiger partial charge >= 0.3 is 47.7 Å². The first-order chi connectivity index (χ1) is 24.8. The molecule has 0 unspecified atom stereocenters. The van der Waals surface area contributed by atoms with Crippen LogP contribution in [0.25, 0.3) is 0 Å². The van der Waals surface area contributed by atoms with Crippen LogP contribution in [0.4, 0.5) is 65.9 Å². The second kappa shape index (κ2) is 14.1. The van der Waals surface area contributed by atoms with E-state index in [1.165, 1.54) is 72.8 Å². The lowest BCUT2D eigenvalue weighted by atomic mass is 9.87. The summed E-state index contributed by atoms with van der Waals surface area (Å²) in [5.74, 6) is -52.8. The van der Waals surface area contributed by atoms with Crippen LogP contribution in [0.1, 0.15) is 79.0 Å². The lowest BCUT2D eigenvalue weighted by molar-refractivity contribution is -0.450. The molecule has 0 heterocycles. The standard InChI is InChI=1S/C38H39F15O2S/c1-29(2,3)22-10-16-25(17-11-22)56(26-18-12-23(13-19-26)30(4,5)6,27-20-14-24(15-21-27)31(7,8)9)55-28(54)32(39,40)33(41,42)34(43,44)35(45,46)36(47,48)37(49,50)38(51,52)53/h10-21H,1-9H3. The van der Waals surface area contributed by atoms with E-state index < -0.39 is 74.2 Å². The van der Waals surface area contributed by atoms with Crippen LogP contribution >= 0.6 is 10.3 Å². The monoisotopic (exact) mass is 844 g/mol. The molecule has 3 aromatic rings. The molecule has 18 heteroatoms. The Morgan fingerprint density at radius 2 is 0.625 bits per heavy atom. The highest BCUT2D eigenvalue weighted by molar-refractivity contribution is 8.30. The Morgan fingerprint density at radius 3 is 0.857 bits per heavy atom. The number of halogens is 15. The van der Waals surface area contributed by atoms with E-state index in [-0.39, 0.29) is 14.7 Å². The van der Waals surface area contributed by atoms with Crippen molar-refractivity contribution < 1.29 is 74.8 Å². The number of hydrogen-bond donors (Lipinski definition) is 0. The van der Waals surface area contributed by atoms with Crippen molar-refractivity contribution >= 4 is 16.3 Å². The molecule has 0 amide bonds. The van der Waals surface area contributed by atoms with Gasteiger partial charge in [-0.2, -0.15) is 65.9 Å². The van der Waals surface area contributed by atoms with E-state index in [9.17, 15) is 53.1 Å². The molecule has 2 nitrogen and oxygen atoms in total. The van der Waals surface area contributed by atoms with Gasteiger partial charge in [-0.1, -0.05) is 98.7 Å². The van der Waals surface area contributed by atoms with Crippen molar-refractivity contribution in [2.24, 2.45) is 0 Å². The first-order valence-corrected chi connectivity index (χ1v) is 18.0. The Balaban J connectivity index is 2.42. The topological polar surface area (TPSA) is 26.3 Å². The summed E-state index contributed by atoms with van der Waals surface area (Å²) in [5.41, 5.74) is 0.0268. The molecular weight excluding hydrogens is 805 g/mol. The first-order valence-electron chi connectivity index (χ1n) is 16.5. The molecule has 0 aliphatic heterocycles. The molecule has 3 aromatic carbocycles. The van der Waals surface area contributed by atoms with Crippen LogP contribution in [0, 0.1) is 0 Å². The number of carbonyl (C=O) groups excluding carboxylic acids is 1. The van der Waals surface area contributed by atoms with Gasteiger partial charge in [0.25, 0.3) is 0 Å². The van der Waals surface area contributed by atoms with Crippen molar-refractivity contribution in [1.29, 1.82) is 0 Å². The Hall–Kier alpha value is -3.57. The molecule has 0 saturated carbocycles. The van der Waals surface area contributed by atoms with Gasteiger partial charge in [0.05, 0.1) is 0 Å². The van der Waals surface area contributed by atoms with Crippen LogP contribution in [-0.4, -0.2) is 47.7 Å². The third-order valence-electron chi connectivity index (χ3n) is 8.94. The van der Waals surface area contributed by atoms with Gasteiger partial charge in [-0.3, -0.25) is 0 Å². The van der Waals surface area contributed by atoms with Crippen LogP contribution in [-0.2, 0) is 25.2 Å². The van der Waals surface area contributed by atoms with Crippen molar-refractivity contribution in [1.82, 2.24) is 0 Å². The van der Waals surface area contributed by atoms with Gasteiger partial charge in [0.15, 0.2) is 0 Å². The van der Waals surface area contributed by atoms with E-state index in [1.54, 1.807) is 62.3 Å². The molecule has 0 aliphatic rings. The Morgan fingerprint density at radius 1 is 0.393 bits per heavy atom. The van der Waals surface area contributed by atoms with Crippen LogP contribution in [0.2, 0.25) is 0 Å². The molecule has 0 bridgehead atoms. The van der Waals surface area contributed by atoms with Gasteiger partial charge in [0, 0.05) is 14.7 Å². The molecule has 56 heavy (non-hydrogen) atoms. The molecule has 3 rings (SSSR count). The minimum atomic E-state index is -8.56. The normalized spacial score (nSPS) is 15.1. The van der Waals surface area contributed by atoms with Gasteiger partial charge in [0.2, 0.25) is 0 Å². The van der Waals surface area contributed by atoms with E-state index in [0.29, 0.717) is 16.7 Å². The second-order valence-corrected chi connectivity index (χ2v) is 18.9. The van der Waals surface area contributed by atoms with Gasteiger partial charge in [-0.15, -0.1) is 0 Å². The Kier molecular flexibility index (Phi) is 11.8. The summed E-state index contributed by atoms with van der Waals surface area (Å²) in [6.45, 7) is 15.9. The van der Waals surface area contributed by atoms with Crippen LogP contribution in [0.15, 0.2) is 87.5 Å². The molecule has 0 atom stereocenters. The third kappa shape index (κ3) is 7.59. The SMILES string of the molecule is CC(C)(C)c1ccc(S(OC(=O)C(F)(F)C(F)(F)C(F)(F)C(F)(F)C(F)(F)C(F)(F)C(F)(F)F)(c2ccc(C(C)(C)C)cc2)c2ccc(C(C)(C)C)cc2)cc1. The number of hydrogen-bond acceptors (Lipinski definition) is 2. The average molecular weight is 845 g/mol. The molecule has 0 spiro atoms. The van der Waals surface area contributed by atoms with Gasteiger partial charge < -0.3 is 4.18 Å². The van der Waals surface area contributed by atoms with E-state index >= 15 is 17.6 Å². The lowest BCUT2D eigenvalue weighted by Gasteiger charge is -2.43. The van der Waals surface area contributed by atoms with Crippen molar-refractivity contribution in [3.05, 3.63) is 89.5 Å². The van der Waals surface area contributed by atoms with Crippen LogP contribution < -0.4 is 0 Å². The number of benzene rings is 3. The minimum absolute atomic E-state index is 0.238. The number of carbonyl (C=O) groups is 1. The minimum Gasteiger partial charge on any atom is -0.397 e. The van der Waals surface area contributed by atoms with E-state index in [1.807, 2.05) is 0 Å². The zero-order valence-electron chi connectivity index (χ0n) is 31.3. The molecule has 0 N–H and O–H groups in total. The maximum absolute atomic E-state index is 15.6. The van der Waals surface area contributed by atoms with Crippen molar-refractivity contribution in [2.45, 2.75) is 135 Å². The summed E-state index contributed by atoms with van der Waals surface area (Å²) in [6.07, 6.45) is -7.76. The smallest absolute Gasteiger partial charge is 0.397 e. The summed E-state index contributed by atoms with van der Waals surface area (Å²) in [6, 6.07) is 16.0. The van der Waals surface area contributed by atoms with E-state index in [4.69, 9.17) is 4.18 Å². The highest BCUT2D eigenvalue weighted by atomic mass is 32.3. The largest absolute Gasteiger partial charge is 0.460 e. The molecular formula is C38H39F15O2S. The summed E-state index contributed by atoms with van der Waals surface area (Å²) in [7, 11) is -4.23. The predicted octanol–water partition coefficient (Wildman–Crippen LogP) is 13.7.